The molecule has 0 radical (unpaired) electrons. The lowest BCUT2D eigenvalue weighted by Gasteiger charge is -2.09. The van der Waals surface area contributed by atoms with E-state index in [4.69, 9.17) is 0 Å². The van der Waals surface area contributed by atoms with E-state index >= 15 is 0 Å². The zero-order valence-corrected chi connectivity index (χ0v) is 18.4. The molecule has 3 aromatic carbocycles. The molecule has 4 rings (SSSR count). The van der Waals surface area contributed by atoms with Crippen LogP contribution in [-0.4, -0.2) is 34.8 Å². The summed E-state index contributed by atoms with van der Waals surface area (Å²) >= 11 is 0. The Hall–Kier alpha value is -3.78. The van der Waals surface area contributed by atoms with Gasteiger partial charge in [-0.15, -0.1) is 0 Å². The van der Waals surface area contributed by atoms with Crippen LogP contribution in [0.2, 0.25) is 0 Å². The molecule has 162 valence electrons. The van der Waals surface area contributed by atoms with Crippen LogP contribution in [0, 0.1) is 0 Å². The standard InChI is InChI=1S/C24H22N4O3S/c1-16(2)32(30,31)21-14-10-19(11-15-21)24(29)25-20-12-8-18(9-13-20)23-26-22(27-28-23)17-6-4-3-5-7-17/h3-16H,1-2H3,(H,25,29)(H,26,27,28). The number of nitrogens with zero attached hydrogens (tertiary/aromatic N) is 2. The fourth-order valence-electron chi connectivity index (χ4n) is 3.09. The van der Waals surface area contributed by atoms with Gasteiger partial charge in [0, 0.05) is 22.4 Å². The van der Waals surface area contributed by atoms with Crippen LogP contribution in [0.5, 0.6) is 0 Å². The first-order valence-corrected chi connectivity index (χ1v) is 11.6. The Morgan fingerprint density at radius 1 is 0.875 bits per heavy atom. The van der Waals surface area contributed by atoms with Gasteiger partial charge in [0.2, 0.25) is 0 Å². The molecule has 32 heavy (non-hydrogen) atoms. The van der Waals surface area contributed by atoms with Gasteiger partial charge in [0.15, 0.2) is 21.5 Å². The van der Waals surface area contributed by atoms with Crippen molar-refractivity contribution in [3.8, 4) is 22.8 Å². The van der Waals surface area contributed by atoms with Crippen LogP contribution in [0.1, 0.15) is 24.2 Å². The molecule has 0 spiro atoms. The normalized spacial score (nSPS) is 11.5. The lowest BCUT2D eigenvalue weighted by molar-refractivity contribution is 0.102. The van der Waals surface area contributed by atoms with Crippen molar-refractivity contribution in [2.75, 3.05) is 5.32 Å². The van der Waals surface area contributed by atoms with E-state index in [-0.39, 0.29) is 10.8 Å². The minimum Gasteiger partial charge on any atom is -0.322 e. The van der Waals surface area contributed by atoms with Gasteiger partial charge in [0.05, 0.1) is 10.1 Å². The third-order valence-electron chi connectivity index (χ3n) is 5.00. The number of hydrogen-bond acceptors (Lipinski definition) is 5. The number of nitrogens with one attached hydrogen (secondary N) is 2. The SMILES string of the molecule is CC(C)S(=O)(=O)c1ccc(C(=O)Nc2ccc(-c3nc(-c4ccccc4)n[nH]3)cc2)cc1. The second kappa shape index (κ2) is 8.76. The molecule has 0 aliphatic rings. The number of aromatic nitrogens is 3. The highest BCUT2D eigenvalue weighted by molar-refractivity contribution is 7.92. The first kappa shape index (κ1) is 21.5. The van der Waals surface area contributed by atoms with Gasteiger partial charge < -0.3 is 5.32 Å². The second-order valence-corrected chi connectivity index (χ2v) is 10.0. The van der Waals surface area contributed by atoms with E-state index < -0.39 is 15.1 Å². The molecule has 7 nitrogen and oxygen atoms in total. The molecule has 2 N–H and O–H groups in total. The van der Waals surface area contributed by atoms with Gasteiger partial charge in [-0.25, -0.2) is 13.4 Å². The minimum atomic E-state index is -3.37. The Bertz CT molecular complexity index is 1330. The zero-order valence-electron chi connectivity index (χ0n) is 17.6. The van der Waals surface area contributed by atoms with Gasteiger partial charge in [-0.1, -0.05) is 30.3 Å². The van der Waals surface area contributed by atoms with E-state index in [1.807, 2.05) is 42.5 Å². The summed E-state index contributed by atoms with van der Waals surface area (Å²) < 4.78 is 24.4. The number of benzene rings is 3. The third-order valence-corrected chi connectivity index (χ3v) is 7.17. The maximum Gasteiger partial charge on any atom is 0.255 e. The molecular formula is C24H22N4O3S. The molecule has 0 atom stereocenters. The molecule has 0 saturated carbocycles. The average Bonchev–Trinajstić information content (AvgIpc) is 3.30. The molecule has 0 unspecified atom stereocenters. The predicted octanol–water partition coefficient (Wildman–Crippen LogP) is 4.57. The number of sulfone groups is 1. The number of carbonyl (C=O) groups is 1. The molecular weight excluding hydrogens is 424 g/mol. The van der Waals surface area contributed by atoms with Crippen LogP contribution < -0.4 is 5.32 Å². The number of anilines is 1. The van der Waals surface area contributed by atoms with Crippen LogP contribution in [-0.2, 0) is 9.84 Å². The highest BCUT2D eigenvalue weighted by atomic mass is 32.2. The van der Waals surface area contributed by atoms with Crippen LogP contribution in [0.3, 0.4) is 0 Å². The van der Waals surface area contributed by atoms with Crippen molar-refractivity contribution in [1.29, 1.82) is 0 Å². The topological polar surface area (TPSA) is 105 Å². The molecule has 0 aliphatic heterocycles. The Labute approximate surface area is 186 Å². The number of hydrogen-bond donors (Lipinski definition) is 2. The maximum atomic E-state index is 12.5. The Morgan fingerprint density at radius 3 is 2.16 bits per heavy atom. The molecule has 0 fully saturated rings. The van der Waals surface area contributed by atoms with Crippen LogP contribution in [0.25, 0.3) is 22.8 Å². The number of aromatic amines is 1. The van der Waals surface area contributed by atoms with Crippen molar-refractivity contribution in [3.63, 3.8) is 0 Å². The molecule has 0 saturated heterocycles. The summed E-state index contributed by atoms with van der Waals surface area (Å²) in [5, 5.41) is 9.49. The van der Waals surface area contributed by atoms with Gasteiger partial charge in [0.1, 0.15) is 0 Å². The molecule has 1 aromatic heterocycles. The summed E-state index contributed by atoms with van der Waals surface area (Å²) in [6.45, 7) is 3.25. The van der Waals surface area contributed by atoms with E-state index in [9.17, 15) is 13.2 Å². The first-order chi connectivity index (χ1) is 15.3. The van der Waals surface area contributed by atoms with Crippen molar-refractivity contribution in [2.45, 2.75) is 24.0 Å². The molecule has 8 heteroatoms. The van der Waals surface area contributed by atoms with Gasteiger partial charge in [0.25, 0.3) is 5.91 Å². The van der Waals surface area contributed by atoms with E-state index in [0.29, 0.717) is 22.9 Å². The monoisotopic (exact) mass is 446 g/mol. The van der Waals surface area contributed by atoms with Crippen molar-refractivity contribution in [1.82, 2.24) is 15.2 Å². The average molecular weight is 447 g/mol. The van der Waals surface area contributed by atoms with Crippen molar-refractivity contribution >= 4 is 21.4 Å². The fraction of sp³-hybridized carbons (Fsp3) is 0.125. The zero-order chi connectivity index (χ0) is 22.7. The van der Waals surface area contributed by atoms with Crippen molar-refractivity contribution in [2.24, 2.45) is 0 Å². The van der Waals surface area contributed by atoms with Crippen LogP contribution >= 0.6 is 0 Å². The van der Waals surface area contributed by atoms with E-state index in [2.05, 4.69) is 20.5 Å². The first-order valence-electron chi connectivity index (χ1n) is 10.1. The minimum absolute atomic E-state index is 0.204. The highest BCUT2D eigenvalue weighted by Gasteiger charge is 2.19. The quantitative estimate of drug-likeness (QED) is 0.451. The highest BCUT2D eigenvalue weighted by Crippen LogP contribution is 2.22. The summed E-state index contributed by atoms with van der Waals surface area (Å²) in [6, 6.07) is 22.8. The van der Waals surface area contributed by atoms with Gasteiger partial charge in [-0.05, 0) is 62.4 Å². The van der Waals surface area contributed by atoms with E-state index in [0.717, 1.165) is 11.1 Å². The molecule has 0 bridgehead atoms. The summed E-state index contributed by atoms with van der Waals surface area (Å²) in [7, 11) is -3.37. The number of H-pyrrole nitrogens is 1. The molecule has 1 heterocycles. The number of carbonyl (C=O) groups excluding carboxylic acids is 1. The van der Waals surface area contributed by atoms with Crippen molar-refractivity contribution < 1.29 is 13.2 Å². The molecule has 0 aliphatic carbocycles. The smallest absolute Gasteiger partial charge is 0.255 e. The molecule has 1 amide bonds. The molecule has 4 aromatic rings. The van der Waals surface area contributed by atoms with E-state index in [1.165, 1.54) is 24.3 Å². The van der Waals surface area contributed by atoms with Crippen molar-refractivity contribution in [3.05, 3.63) is 84.4 Å². The van der Waals surface area contributed by atoms with Gasteiger partial charge >= 0.3 is 0 Å². The summed E-state index contributed by atoms with van der Waals surface area (Å²) in [4.78, 5) is 17.3. The Balaban J connectivity index is 1.45. The number of amides is 1. The largest absolute Gasteiger partial charge is 0.322 e. The van der Waals surface area contributed by atoms with Gasteiger partial charge in [-0.2, -0.15) is 5.10 Å². The number of rotatable bonds is 6. The fourth-order valence-corrected chi connectivity index (χ4v) is 4.15. The predicted molar refractivity (Wildman–Crippen MR) is 124 cm³/mol. The lowest BCUT2D eigenvalue weighted by Crippen LogP contribution is -2.15. The van der Waals surface area contributed by atoms with Gasteiger partial charge in [-0.3, -0.25) is 9.89 Å². The Kier molecular flexibility index (Phi) is 5.87. The van der Waals surface area contributed by atoms with E-state index in [1.54, 1.807) is 26.0 Å². The lowest BCUT2D eigenvalue weighted by atomic mass is 10.1. The van der Waals surface area contributed by atoms with Crippen LogP contribution in [0.4, 0.5) is 5.69 Å². The summed E-state index contributed by atoms with van der Waals surface area (Å²) in [5.74, 6) is 0.918. The summed E-state index contributed by atoms with van der Waals surface area (Å²) in [5.41, 5.74) is 2.74. The Morgan fingerprint density at radius 2 is 1.53 bits per heavy atom. The summed E-state index contributed by atoms with van der Waals surface area (Å²) in [6.07, 6.45) is 0. The second-order valence-electron chi connectivity index (χ2n) is 7.52. The third kappa shape index (κ3) is 4.45. The van der Waals surface area contributed by atoms with Crippen LogP contribution in [0.15, 0.2) is 83.8 Å². The maximum absolute atomic E-state index is 12.5.